The minimum absolute atomic E-state index is 0.333. The van der Waals surface area contributed by atoms with E-state index in [1.807, 2.05) is 6.07 Å². The lowest BCUT2D eigenvalue weighted by Crippen LogP contribution is -2.14. The van der Waals surface area contributed by atoms with Crippen LogP contribution in [0.3, 0.4) is 0 Å². The van der Waals surface area contributed by atoms with E-state index in [2.05, 4.69) is 26.2 Å². The van der Waals surface area contributed by atoms with E-state index in [1.165, 1.54) is 13.3 Å². The SMILES string of the molecule is COc1ccc(Br)cc1C(=O)Nc1ccc(C#N)cn1. The fraction of sp³-hybridized carbons (Fsp3) is 0.0714. The summed E-state index contributed by atoms with van der Waals surface area (Å²) in [5, 5.41) is 11.3. The van der Waals surface area contributed by atoms with E-state index >= 15 is 0 Å². The van der Waals surface area contributed by atoms with Crippen LogP contribution in [0, 0.1) is 11.3 Å². The van der Waals surface area contributed by atoms with E-state index in [-0.39, 0.29) is 5.91 Å². The van der Waals surface area contributed by atoms with Crippen molar-refractivity contribution in [1.29, 1.82) is 5.26 Å². The zero-order valence-electron chi connectivity index (χ0n) is 10.6. The van der Waals surface area contributed by atoms with Crippen LogP contribution in [0.15, 0.2) is 41.0 Å². The number of hydrogen-bond acceptors (Lipinski definition) is 4. The second-order valence-corrected chi connectivity index (χ2v) is 4.76. The molecule has 0 aliphatic carbocycles. The number of hydrogen-bond donors (Lipinski definition) is 1. The van der Waals surface area contributed by atoms with E-state index < -0.39 is 0 Å². The van der Waals surface area contributed by atoms with Gasteiger partial charge in [0.15, 0.2) is 0 Å². The smallest absolute Gasteiger partial charge is 0.260 e. The molecule has 1 aromatic heterocycles. The van der Waals surface area contributed by atoms with Crippen molar-refractivity contribution in [2.45, 2.75) is 0 Å². The fourth-order valence-corrected chi connectivity index (χ4v) is 1.94. The first-order valence-electron chi connectivity index (χ1n) is 5.65. The summed E-state index contributed by atoms with van der Waals surface area (Å²) in [6.45, 7) is 0. The number of amides is 1. The molecule has 0 atom stereocenters. The van der Waals surface area contributed by atoms with Crippen molar-refractivity contribution in [1.82, 2.24) is 4.98 Å². The topological polar surface area (TPSA) is 75.0 Å². The largest absolute Gasteiger partial charge is 0.496 e. The first-order chi connectivity index (χ1) is 9.63. The monoisotopic (exact) mass is 331 g/mol. The number of nitriles is 1. The van der Waals surface area contributed by atoms with Crippen LogP contribution >= 0.6 is 15.9 Å². The number of nitrogens with zero attached hydrogens (tertiary/aromatic N) is 2. The Morgan fingerprint density at radius 1 is 1.40 bits per heavy atom. The Kier molecular flexibility index (Phi) is 4.33. The van der Waals surface area contributed by atoms with Crippen LogP contribution in [-0.4, -0.2) is 18.0 Å². The minimum Gasteiger partial charge on any atom is -0.496 e. The molecule has 5 nitrogen and oxygen atoms in total. The highest BCUT2D eigenvalue weighted by Crippen LogP contribution is 2.23. The quantitative estimate of drug-likeness (QED) is 0.938. The first-order valence-corrected chi connectivity index (χ1v) is 6.44. The van der Waals surface area contributed by atoms with Crippen molar-refractivity contribution in [2.75, 3.05) is 12.4 Å². The number of halogens is 1. The molecule has 0 unspecified atom stereocenters. The zero-order valence-corrected chi connectivity index (χ0v) is 12.1. The van der Waals surface area contributed by atoms with E-state index in [0.29, 0.717) is 22.7 Å². The standard InChI is InChI=1S/C14H10BrN3O2/c1-20-12-4-3-10(15)6-11(12)14(19)18-13-5-2-9(7-16)8-17-13/h2-6,8H,1H3,(H,17,18,19). The van der Waals surface area contributed by atoms with Gasteiger partial charge >= 0.3 is 0 Å². The highest BCUT2D eigenvalue weighted by Gasteiger charge is 2.13. The van der Waals surface area contributed by atoms with E-state index in [1.54, 1.807) is 30.3 Å². The molecule has 6 heteroatoms. The summed E-state index contributed by atoms with van der Waals surface area (Å²) < 4.78 is 5.92. The fourth-order valence-electron chi connectivity index (χ4n) is 1.58. The zero-order chi connectivity index (χ0) is 14.5. The number of pyridine rings is 1. The lowest BCUT2D eigenvalue weighted by Gasteiger charge is -2.09. The maximum Gasteiger partial charge on any atom is 0.260 e. The van der Waals surface area contributed by atoms with Crippen LogP contribution in [0.5, 0.6) is 5.75 Å². The average molecular weight is 332 g/mol. The molecule has 0 fully saturated rings. The maximum absolute atomic E-state index is 12.2. The molecule has 1 N–H and O–H groups in total. The lowest BCUT2D eigenvalue weighted by atomic mass is 10.2. The summed E-state index contributed by atoms with van der Waals surface area (Å²) in [6.07, 6.45) is 1.40. The van der Waals surface area contributed by atoms with Gasteiger partial charge in [0.2, 0.25) is 0 Å². The predicted molar refractivity (Wildman–Crippen MR) is 77.6 cm³/mol. The summed E-state index contributed by atoms with van der Waals surface area (Å²) in [6, 6.07) is 10.3. The molecule has 0 bridgehead atoms. The molecule has 0 saturated heterocycles. The van der Waals surface area contributed by atoms with Crippen molar-refractivity contribution in [3.8, 4) is 11.8 Å². The van der Waals surface area contributed by atoms with Gasteiger partial charge in [-0.1, -0.05) is 15.9 Å². The average Bonchev–Trinajstić information content (AvgIpc) is 2.48. The van der Waals surface area contributed by atoms with Gasteiger partial charge < -0.3 is 10.1 Å². The number of carbonyl (C=O) groups excluding carboxylic acids is 1. The number of anilines is 1. The number of ether oxygens (including phenoxy) is 1. The molecule has 0 aliphatic rings. The summed E-state index contributed by atoms with van der Waals surface area (Å²) in [7, 11) is 1.50. The Hall–Kier alpha value is -2.39. The predicted octanol–water partition coefficient (Wildman–Crippen LogP) is 2.98. The normalized spacial score (nSPS) is 9.65. The molecule has 100 valence electrons. The molecule has 0 saturated carbocycles. The lowest BCUT2D eigenvalue weighted by molar-refractivity contribution is 0.102. The highest BCUT2D eigenvalue weighted by atomic mass is 79.9. The highest BCUT2D eigenvalue weighted by molar-refractivity contribution is 9.10. The van der Waals surface area contributed by atoms with Gasteiger partial charge in [0.25, 0.3) is 5.91 Å². The number of benzene rings is 1. The second kappa shape index (κ2) is 6.17. The molecule has 2 aromatic rings. The molecule has 0 spiro atoms. The van der Waals surface area contributed by atoms with Gasteiger partial charge in [-0.25, -0.2) is 4.98 Å². The molecular formula is C14H10BrN3O2. The van der Waals surface area contributed by atoms with Gasteiger partial charge in [-0.05, 0) is 30.3 Å². The molecule has 2 rings (SSSR count). The van der Waals surface area contributed by atoms with Crippen LogP contribution in [0.2, 0.25) is 0 Å². The maximum atomic E-state index is 12.2. The molecule has 1 amide bonds. The number of methoxy groups -OCH3 is 1. The Morgan fingerprint density at radius 3 is 2.80 bits per heavy atom. The number of rotatable bonds is 3. The summed E-state index contributed by atoms with van der Waals surface area (Å²) in [5.74, 6) is 0.510. The molecule has 0 radical (unpaired) electrons. The van der Waals surface area contributed by atoms with Crippen LogP contribution in [0.4, 0.5) is 5.82 Å². The van der Waals surface area contributed by atoms with E-state index in [4.69, 9.17) is 10.00 Å². The molecule has 1 heterocycles. The first kappa shape index (κ1) is 14.0. The summed E-state index contributed by atoms with van der Waals surface area (Å²) >= 11 is 3.31. The van der Waals surface area contributed by atoms with Crippen LogP contribution in [0.25, 0.3) is 0 Å². The molecular weight excluding hydrogens is 322 g/mol. The van der Waals surface area contributed by atoms with Crippen LogP contribution in [0.1, 0.15) is 15.9 Å². The third-order valence-electron chi connectivity index (χ3n) is 2.54. The number of nitrogens with one attached hydrogen (secondary N) is 1. The number of aromatic nitrogens is 1. The van der Waals surface area contributed by atoms with Gasteiger partial charge in [-0.3, -0.25) is 4.79 Å². The van der Waals surface area contributed by atoms with Gasteiger partial charge in [-0.15, -0.1) is 0 Å². The Bertz CT molecular complexity index is 678. The number of carbonyl (C=O) groups is 1. The van der Waals surface area contributed by atoms with Crippen molar-refractivity contribution >= 4 is 27.7 Å². The minimum atomic E-state index is -0.333. The van der Waals surface area contributed by atoms with Crippen LogP contribution in [-0.2, 0) is 0 Å². The van der Waals surface area contributed by atoms with Gasteiger partial charge in [0.1, 0.15) is 17.6 Å². The third kappa shape index (κ3) is 3.13. The van der Waals surface area contributed by atoms with Crippen LogP contribution < -0.4 is 10.1 Å². The van der Waals surface area contributed by atoms with Gasteiger partial charge in [-0.2, -0.15) is 5.26 Å². The van der Waals surface area contributed by atoms with Crippen molar-refractivity contribution in [3.05, 3.63) is 52.1 Å². The summed E-state index contributed by atoms with van der Waals surface area (Å²) in [5.41, 5.74) is 0.830. The second-order valence-electron chi connectivity index (χ2n) is 3.84. The van der Waals surface area contributed by atoms with Crippen molar-refractivity contribution in [2.24, 2.45) is 0 Å². The van der Waals surface area contributed by atoms with Crippen molar-refractivity contribution < 1.29 is 9.53 Å². The molecule has 1 aromatic carbocycles. The van der Waals surface area contributed by atoms with Gasteiger partial charge in [0, 0.05) is 10.7 Å². The van der Waals surface area contributed by atoms with E-state index in [9.17, 15) is 4.79 Å². The Labute approximate surface area is 124 Å². The Balaban J connectivity index is 2.23. The molecule has 20 heavy (non-hydrogen) atoms. The van der Waals surface area contributed by atoms with Crippen molar-refractivity contribution in [3.63, 3.8) is 0 Å². The molecule has 0 aliphatic heterocycles. The Morgan fingerprint density at radius 2 is 2.20 bits per heavy atom. The van der Waals surface area contributed by atoms with E-state index in [0.717, 1.165) is 4.47 Å². The van der Waals surface area contributed by atoms with Gasteiger partial charge in [0.05, 0.1) is 18.2 Å². The summed E-state index contributed by atoms with van der Waals surface area (Å²) in [4.78, 5) is 16.2. The third-order valence-corrected chi connectivity index (χ3v) is 3.03.